The number of ether oxygens (including phenoxy) is 2. The van der Waals surface area contributed by atoms with E-state index in [1.807, 2.05) is 36.4 Å². The predicted octanol–water partition coefficient (Wildman–Crippen LogP) is 4.73. The van der Waals surface area contributed by atoms with Crippen molar-refractivity contribution < 1.29 is 14.3 Å². The molecule has 0 spiro atoms. The molecule has 2 atom stereocenters. The lowest BCUT2D eigenvalue weighted by Gasteiger charge is -2.40. The molecule has 1 fully saturated rings. The van der Waals surface area contributed by atoms with Gasteiger partial charge in [-0.3, -0.25) is 9.69 Å². The van der Waals surface area contributed by atoms with Crippen LogP contribution in [0.15, 0.2) is 84.9 Å². The summed E-state index contributed by atoms with van der Waals surface area (Å²) in [5, 5.41) is 10.1. The third kappa shape index (κ3) is 5.96. The Labute approximate surface area is 234 Å². The maximum Gasteiger partial charge on any atom is 0.330 e. The smallest absolute Gasteiger partial charge is 0.330 e. The van der Waals surface area contributed by atoms with Gasteiger partial charge >= 0.3 is 5.97 Å². The molecule has 4 aromatic rings. The maximum absolute atomic E-state index is 13.1. The largest absolute Gasteiger partial charge is 0.459 e. The van der Waals surface area contributed by atoms with Crippen LogP contribution in [0.3, 0.4) is 0 Å². The summed E-state index contributed by atoms with van der Waals surface area (Å²) < 4.78 is 10.6. The number of anilines is 1. The summed E-state index contributed by atoms with van der Waals surface area (Å²) in [4.78, 5) is 27.4. The third-order valence-corrected chi connectivity index (χ3v) is 7.14. The van der Waals surface area contributed by atoms with E-state index in [0.717, 1.165) is 13.1 Å². The van der Waals surface area contributed by atoms with Crippen LogP contribution in [0.25, 0.3) is 11.0 Å². The number of nitriles is 1. The fourth-order valence-electron chi connectivity index (χ4n) is 5.27. The Morgan fingerprint density at radius 3 is 1.98 bits per heavy atom. The molecule has 0 N–H and O–H groups in total. The van der Waals surface area contributed by atoms with E-state index in [1.54, 1.807) is 14.0 Å². The lowest BCUT2D eigenvalue weighted by molar-refractivity contribution is -0.150. The number of nitrogens with zero attached hydrogens (tertiary/aromatic N) is 5. The maximum atomic E-state index is 13.1. The molecule has 2 unspecified atom stereocenters. The van der Waals surface area contributed by atoms with E-state index in [0.29, 0.717) is 35.6 Å². The average Bonchev–Trinajstić information content (AvgIpc) is 2.99. The second-order valence-electron chi connectivity index (χ2n) is 9.93. The average molecular weight is 536 g/mol. The second kappa shape index (κ2) is 12.7. The van der Waals surface area contributed by atoms with Gasteiger partial charge in [0.05, 0.1) is 29.8 Å². The van der Waals surface area contributed by atoms with Crippen molar-refractivity contribution in [1.29, 1.82) is 5.26 Å². The van der Waals surface area contributed by atoms with Gasteiger partial charge in [0.1, 0.15) is 11.8 Å². The first-order valence-electron chi connectivity index (χ1n) is 13.5. The number of para-hydroxylation sites is 2. The fourth-order valence-corrected chi connectivity index (χ4v) is 5.27. The zero-order valence-corrected chi connectivity index (χ0v) is 22.8. The molecule has 1 saturated heterocycles. The number of carbonyl (C=O) groups excluding carboxylic acids is 1. The molecule has 0 bridgehead atoms. The highest BCUT2D eigenvalue weighted by molar-refractivity contribution is 5.85. The van der Waals surface area contributed by atoms with Crippen LogP contribution in [0.2, 0.25) is 0 Å². The Morgan fingerprint density at radius 1 is 0.875 bits per heavy atom. The van der Waals surface area contributed by atoms with E-state index in [2.05, 4.69) is 64.4 Å². The highest BCUT2D eigenvalue weighted by Crippen LogP contribution is 2.33. The number of aromatic nitrogens is 2. The van der Waals surface area contributed by atoms with Crippen LogP contribution in [0.1, 0.15) is 35.7 Å². The van der Waals surface area contributed by atoms with Gasteiger partial charge in [-0.1, -0.05) is 72.8 Å². The van der Waals surface area contributed by atoms with Crippen LogP contribution in [-0.4, -0.2) is 66.8 Å². The number of carbonyl (C=O) groups is 1. The lowest BCUT2D eigenvalue weighted by atomic mass is 9.96. The molecule has 2 heterocycles. The molecular weight excluding hydrogens is 502 g/mol. The number of piperazine rings is 1. The summed E-state index contributed by atoms with van der Waals surface area (Å²) in [5.74, 6) is -1.30. The minimum Gasteiger partial charge on any atom is -0.459 e. The minimum atomic E-state index is -1.20. The van der Waals surface area contributed by atoms with E-state index in [-0.39, 0.29) is 12.6 Å². The van der Waals surface area contributed by atoms with Crippen molar-refractivity contribution in [3.8, 4) is 6.07 Å². The van der Waals surface area contributed by atoms with Crippen LogP contribution >= 0.6 is 0 Å². The number of benzene rings is 3. The lowest BCUT2D eigenvalue weighted by Crippen LogP contribution is -2.48. The van der Waals surface area contributed by atoms with Crippen LogP contribution in [-0.2, 0) is 14.3 Å². The van der Waals surface area contributed by atoms with Crippen molar-refractivity contribution in [2.24, 2.45) is 0 Å². The van der Waals surface area contributed by atoms with Crippen LogP contribution in [0, 0.1) is 11.3 Å². The van der Waals surface area contributed by atoms with E-state index in [4.69, 9.17) is 19.4 Å². The molecule has 8 nitrogen and oxygen atoms in total. The Morgan fingerprint density at radius 2 is 1.43 bits per heavy atom. The molecule has 1 aliphatic rings. The minimum absolute atomic E-state index is 0.121. The van der Waals surface area contributed by atoms with Gasteiger partial charge < -0.3 is 14.4 Å². The van der Waals surface area contributed by atoms with Gasteiger partial charge in [0, 0.05) is 33.3 Å². The van der Waals surface area contributed by atoms with E-state index in [9.17, 15) is 10.1 Å². The number of esters is 1. The van der Waals surface area contributed by atoms with Crippen molar-refractivity contribution in [2.45, 2.75) is 25.0 Å². The molecule has 3 aromatic carbocycles. The van der Waals surface area contributed by atoms with Crippen LogP contribution < -0.4 is 4.90 Å². The standard InChI is InChI=1S/C32H33N5O3/c1-23(22-39-2)40-32(38)26(21-33)29-31(35-28-16-10-9-15-27(28)34-29)37-19-17-36(18-20-37)30(24-11-5-3-6-12-24)25-13-7-4-8-14-25/h3-16,23,26,30H,17-20,22H2,1-2H3. The monoisotopic (exact) mass is 535 g/mol. The number of fused-ring (bicyclic) bond motifs is 1. The van der Waals surface area contributed by atoms with Crippen LogP contribution in [0.5, 0.6) is 0 Å². The van der Waals surface area contributed by atoms with Gasteiger partial charge in [-0.2, -0.15) is 5.26 Å². The molecule has 5 rings (SSSR count). The summed E-state index contributed by atoms with van der Waals surface area (Å²) in [6.07, 6.45) is -0.485. The third-order valence-electron chi connectivity index (χ3n) is 7.14. The second-order valence-corrected chi connectivity index (χ2v) is 9.93. The van der Waals surface area contributed by atoms with Gasteiger partial charge in [0.25, 0.3) is 0 Å². The summed E-state index contributed by atoms with van der Waals surface area (Å²) >= 11 is 0. The van der Waals surface area contributed by atoms with Gasteiger partial charge in [-0.15, -0.1) is 0 Å². The van der Waals surface area contributed by atoms with Crippen molar-refractivity contribution in [2.75, 3.05) is 44.8 Å². The summed E-state index contributed by atoms with van der Waals surface area (Å²) in [6, 6.07) is 30.8. The van der Waals surface area contributed by atoms with E-state index in [1.165, 1.54) is 11.1 Å². The first-order valence-corrected chi connectivity index (χ1v) is 13.5. The van der Waals surface area contributed by atoms with Crippen molar-refractivity contribution >= 4 is 22.8 Å². The predicted molar refractivity (Wildman–Crippen MR) is 154 cm³/mol. The highest BCUT2D eigenvalue weighted by atomic mass is 16.6. The zero-order chi connectivity index (χ0) is 27.9. The Kier molecular flexibility index (Phi) is 8.65. The van der Waals surface area contributed by atoms with Crippen LogP contribution in [0.4, 0.5) is 5.82 Å². The SMILES string of the molecule is COCC(C)OC(=O)C(C#N)c1nc2ccccc2nc1N1CCN(C(c2ccccc2)c2ccccc2)CC1. The molecule has 0 saturated carbocycles. The normalized spacial score (nSPS) is 15.5. The van der Waals surface area contributed by atoms with Crippen molar-refractivity contribution in [1.82, 2.24) is 14.9 Å². The summed E-state index contributed by atoms with van der Waals surface area (Å²) in [7, 11) is 1.54. The fraction of sp³-hybridized carbons (Fsp3) is 0.312. The number of rotatable bonds is 9. The van der Waals surface area contributed by atoms with Crippen molar-refractivity contribution in [3.63, 3.8) is 0 Å². The molecule has 0 amide bonds. The Bertz CT molecular complexity index is 1430. The zero-order valence-electron chi connectivity index (χ0n) is 22.8. The molecule has 0 aliphatic carbocycles. The summed E-state index contributed by atoms with van der Waals surface area (Å²) in [5.41, 5.74) is 4.16. The quantitative estimate of drug-likeness (QED) is 0.284. The first-order chi connectivity index (χ1) is 19.6. The summed E-state index contributed by atoms with van der Waals surface area (Å²) in [6.45, 7) is 4.86. The molecule has 0 radical (unpaired) electrons. The molecule has 40 heavy (non-hydrogen) atoms. The molecule has 204 valence electrons. The van der Waals surface area contributed by atoms with E-state index >= 15 is 0 Å². The Hall–Kier alpha value is -4.32. The van der Waals surface area contributed by atoms with E-state index < -0.39 is 18.0 Å². The van der Waals surface area contributed by atoms with Gasteiger partial charge in [-0.25, -0.2) is 9.97 Å². The molecular formula is C32H33N5O3. The number of methoxy groups -OCH3 is 1. The van der Waals surface area contributed by atoms with Gasteiger partial charge in [0.15, 0.2) is 11.7 Å². The van der Waals surface area contributed by atoms with Gasteiger partial charge in [0.2, 0.25) is 0 Å². The van der Waals surface area contributed by atoms with Crippen molar-refractivity contribution in [3.05, 3.63) is 102 Å². The molecule has 1 aromatic heterocycles. The first kappa shape index (κ1) is 27.3. The number of hydrogen-bond donors (Lipinski definition) is 0. The Balaban J connectivity index is 1.44. The highest BCUT2D eigenvalue weighted by Gasteiger charge is 2.33. The number of hydrogen-bond acceptors (Lipinski definition) is 8. The topological polar surface area (TPSA) is 91.6 Å². The molecule has 1 aliphatic heterocycles. The van der Waals surface area contributed by atoms with Gasteiger partial charge in [-0.05, 0) is 30.2 Å². The molecule has 8 heteroatoms.